The molecule has 0 bridgehead atoms. The number of aromatic nitrogens is 1. The molecule has 0 amide bonds. The van der Waals surface area contributed by atoms with Gasteiger partial charge >= 0.3 is 0 Å². The van der Waals surface area contributed by atoms with Crippen LogP contribution in [0, 0.1) is 5.92 Å². The van der Waals surface area contributed by atoms with Crippen LogP contribution in [-0.2, 0) is 9.84 Å². The highest BCUT2D eigenvalue weighted by molar-refractivity contribution is 7.90. The molecule has 5 nitrogen and oxygen atoms in total. The van der Waals surface area contributed by atoms with E-state index in [1.165, 1.54) is 19.1 Å². The number of nitrogens with one attached hydrogen (secondary N) is 1. The normalized spacial score (nSPS) is 17.8. The smallest absolute Gasteiger partial charge is 0.179 e. The number of pyridine rings is 1. The Morgan fingerprint density at radius 1 is 1.59 bits per heavy atom. The predicted molar refractivity (Wildman–Crippen MR) is 66.5 cm³/mol. The summed E-state index contributed by atoms with van der Waals surface area (Å²) < 4.78 is 23.1. The second-order valence-electron chi connectivity index (χ2n) is 4.50. The molecule has 1 aromatic rings. The molecule has 0 saturated heterocycles. The summed E-state index contributed by atoms with van der Waals surface area (Å²) in [5.74, 6) is 0.971. The van der Waals surface area contributed by atoms with E-state index in [1.807, 2.05) is 0 Å². The first-order chi connectivity index (χ1) is 7.98. The van der Waals surface area contributed by atoms with Crippen molar-refractivity contribution in [3.63, 3.8) is 0 Å². The molecule has 0 aromatic carbocycles. The van der Waals surface area contributed by atoms with Gasteiger partial charge < -0.3 is 11.1 Å². The average Bonchev–Trinajstić information content (AvgIpc) is 3.08. The third-order valence-corrected chi connectivity index (χ3v) is 4.03. The average molecular weight is 255 g/mol. The van der Waals surface area contributed by atoms with Gasteiger partial charge in [-0.15, -0.1) is 0 Å². The van der Waals surface area contributed by atoms with E-state index in [-0.39, 0.29) is 10.9 Å². The summed E-state index contributed by atoms with van der Waals surface area (Å²) in [5.41, 5.74) is 5.95. The van der Waals surface area contributed by atoms with Gasteiger partial charge in [-0.1, -0.05) is 0 Å². The van der Waals surface area contributed by atoms with Gasteiger partial charge in [-0.05, 0) is 30.9 Å². The number of sulfone groups is 1. The fourth-order valence-corrected chi connectivity index (χ4v) is 2.53. The van der Waals surface area contributed by atoms with Crippen LogP contribution < -0.4 is 11.1 Å². The minimum absolute atomic E-state index is 0.0735. The molecule has 1 saturated carbocycles. The maximum absolute atomic E-state index is 11.5. The molecule has 1 aromatic heterocycles. The topological polar surface area (TPSA) is 85.1 Å². The molecule has 3 N–H and O–H groups in total. The van der Waals surface area contributed by atoms with Crippen molar-refractivity contribution in [3.8, 4) is 0 Å². The van der Waals surface area contributed by atoms with Gasteiger partial charge in [-0.2, -0.15) is 0 Å². The molecule has 0 radical (unpaired) electrons. The Bertz CT molecular complexity index is 497. The minimum atomic E-state index is -3.25. The summed E-state index contributed by atoms with van der Waals surface area (Å²) in [6.45, 7) is 0.560. The number of anilines is 1. The Morgan fingerprint density at radius 3 is 2.88 bits per heavy atom. The molecule has 1 unspecified atom stereocenters. The fourth-order valence-electron chi connectivity index (χ4n) is 1.73. The molecule has 94 valence electrons. The van der Waals surface area contributed by atoms with Crippen LogP contribution in [0.5, 0.6) is 0 Å². The van der Waals surface area contributed by atoms with E-state index >= 15 is 0 Å². The van der Waals surface area contributed by atoms with Crippen LogP contribution in [0.4, 0.5) is 5.82 Å². The lowest BCUT2D eigenvalue weighted by Crippen LogP contribution is -2.31. The standard InChI is InChI=1S/C11H17N3O2S/c1-17(15,16)10-3-2-6-13-11(10)14-7-9(12)8-4-5-8/h2-3,6,8-9H,4-5,7,12H2,1H3,(H,13,14). The van der Waals surface area contributed by atoms with Crippen molar-refractivity contribution in [2.45, 2.75) is 23.8 Å². The number of rotatable bonds is 5. The minimum Gasteiger partial charge on any atom is -0.367 e. The van der Waals surface area contributed by atoms with E-state index in [0.717, 1.165) is 0 Å². The van der Waals surface area contributed by atoms with E-state index in [9.17, 15) is 8.42 Å². The van der Waals surface area contributed by atoms with E-state index in [2.05, 4.69) is 10.3 Å². The first-order valence-corrected chi connectivity index (χ1v) is 7.52. The van der Waals surface area contributed by atoms with Gasteiger partial charge in [0.25, 0.3) is 0 Å². The molecule has 0 spiro atoms. The zero-order valence-electron chi connectivity index (χ0n) is 9.76. The van der Waals surface area contributed by atoms with Crippen molar-refractivity contribution < 1.29 is 8.42 Å². The van der Waals surface area contributed by atoms with Crippen LogP contribution in [0.1, 0.15) is 12.8 Å². The van der Waals surface area contributed by atoms with Gasteiger partial charge in [-0.25, -0.2) is 13.4 Å². The molecule has 1 heterocycles. The number of hydrogen-bond donors (Lipinski definition) is 2. The van der Waals surface area contributed by atoms with Crippen LogP contribution in [0.2, 0.25) is 0 Å². The Labute approximate surface area is 101 Å². The van der Waals surface area contributed by atoms with Gasteiger partial charge in [0.05, 0.1) is 0 Å². The van der Waals surface area contributed by atoms with E-state index < -0.39 is 9.84 Å². The van der Waals surface area contributed by atoms with Crippen molar-refractivity contribution >= 4 is 15.7 Å². The third-order valence-electron chi connectivity index (χ3n) is 2.90. The summed E-state index contributed by atoms with van der Waals surface area (Å²) in [7, 11) is -3.25. The molecule has 1 atom stereocenters. The maximum Gasteiger partial charge on any atom is 0.179 e. The van der Waals surface area contributed by atoms with Gasteiger partial charge in [0.15, 0.2) is 9.84 Å². The molecule has 1 fully saturated rings. The monoisotopic (exact) mass is 255 g/mol. The molecule has 2 rings (SSSR count). The predicted octanol–water partition coefficient (Wildman–Crippen LogP) is 0.634. The zero-order valence-corrected chi connectivity index (χ0v) is 10.6. The van der Waals surface area contributed by atoms with Crippen LogP contribution >= 0.6 is 0 Å². The molecule has 17 heavy (non-hydrogen) atoms. The van der Waals surface area contributed by atoms with Crippen molar-refractivity contribution in [2.24, 2.45) is 11.7 Å². The Hall–Kier alpha value is -1.14. The highest BCUT2D eigenvalue weighted by atomic mass is 32.2. The summed E-state index contributed by atoms with van der Waals surface area (Å²) in [5, 5.41) is 3.03. The lowest BCUT2D eigenvalue weighted by Gasteiger charge is -2.13. The lowest BCUT2D eigenvalue weighted by atomic mass is 10.2. The Balaban J connectivity index is 2.09. The van der Waals surface area contributed by atoms with Crippen molar-refractivity contribution in [2.75, 3.05) is 18.1 Å². The first kappa shape index (κ1) is 12.3. The lowest BCUT2D eigenvalue weighted by molar-refractivity contribution is 0.600. The van der Waals surface area contributed by atoms with Crippen LogP contribution in [0.25, 0.3) is 0 Å². The highest BCUT2D eigenvalue weighted by Crippen LogP contribution is 2.31. The quantitative estimate of drug-likeness (QED) is 0.806. The molecule has 1 aliphatic rings. The van der Waals surface area contributed by atoms with Crippen molar-refractivity contribution in [1.82, 2.24) is 4.98 Å². The van der Waals surface area contributed by atoms with Gasteiger partial charge in [0.2, 0.25) is 0 Å². The molecular formula is C11H17N3O2S. The summed E-state index contributed by atoms with van der Waals surface area (Å²) in [6, 6.07) is 3.24. The fraction of sp³-hybridized carbons (Fsp3) is 0.545. The van der Waals surface area contributed by atoms with Gasteiger partial charge in [0.1, 0.15) is 10.7 Å². The summed E-state index contributed by atoms with van der Waals surface area (Å²) in [4.78, 5) is 4.28. The Morgan fingerprint density at radius 2 is 2.29 bits per heavy atom. The number of nitrogens with two attached hydrogens (primary N) is 1. The maximum atomic E-state index is 11.5. The van der Waals surface area contributed by atoms with Gasteiger partial charge in [-0.3, -0.25) is 0 Å². The number of nitrogens with zero attached hydrogens (tertiary/aromatic N) is 1. The third kappa shape index (κ3) is 3.17. The first-order valence-electron chi connectivity index (χ1n) is 5.63. The molecule has 6 heteroatoms. The summed E-state index contributed by atoms with van der Waals surface area (Å²) >= 11 is 0. The van der Waals surface area contributed by atoms with E-state index in [1.54, 1.807) is 18.3 Å². The molecular weight excluding hydrogens is 238 g/mol. The van der Waals surface area contributed by atoms with Crippen molar-refractivity contribution in [1.29, 1.82) is 0 Å². The zero-order chi connectivity index (χ0) is 12.5. The SMILES string of the molecule is CS(=O)(=O)c1cccnc1NCC(N)C1CC1. The van der Waals surface area contributed by atoms with Crippen molar-refractivity contribution in [3.05, 3.63) is 18.3 Å². The Kier molecular flexibility index (Phi) is 3.35. The van der Waals surface area contributed by atoms with Crippen LogP contribution in [0.15, 0.2) is 23.2 Å². The second-order valence-corrected chi connectivity index (χ2v) is 6.49. The second kappa shape index (κ2) is 4.62. The molecule has 1 aliphatic carbocycles. The largest absolute Gasteiger partial charge is 0.367 e. The number of hydrogen-bond acceptors (Lipinski definition) is 5. The highest BCUT2D eigenvalue weighted by Gasteiger charge is 2.28. The van der Waals surface area contributed by atoms with E-state index in [4.69, 9.17) is 5.73 Å². The van der Waals surface area contributed by atoms with E-state index in [0.29, 0.717) is 18.3 Å². The molecule has 0 aliphatic heterocycles. The van der Waals surface area contributed by atoms with Crippen LogP contribution in [-0.4, -0.2) is 32.2 Å². The van der Waals surface area contributed by atoms with Crippen LogP contribution in [0.3, 0.4) is 0 Å². The summed E-state index contributed by atoms with van der Waals surface area (Å²) in [6.07, 6.45) is 5.09. The van der Waals surface area contributed by atoms with Gasteiger partial charge in [0, 0.05) is 25.0 Å².